The number of carbonyl (C=O) groups excluding carboxylic acids is 4. The molecule has 0 radical (unpaired) electrons. The van der Waals surface area contributed by atoms with Gasteiger partial charge in [0.05, 0.1) is 5.75 Å². The number of nitrogens with one attached hydrogen (secondary N) is 1. The number of carbonyl (C=O) groups is 4. The number of hydrogen-bond acceptors (Lipinski definition) is 12. The van der Waals surface area contributed by atoms with Gasteiger partial charge in [-0.05, 0) is 0 Å². The van der Waals surface area contributed by atoms with E-state index >= 15 is 0 Å². The summed E-state index contributed by atoms with van der Waals surface area (Å²) in [6.07, 6.45) is -2.50. The largest absolute Gasteiger partial charge is 0.502 e. The summed E-state index contributed by atoms with van der Waals surface area (Å²) in [5, 5.41) is 12.0. The maximum Gasteiger partial charge on any atom is 0.303 e. The summed E-state index contributed by atoms with van der Waals surface area (Å²) in [5.41, 5.74) is -1.54. The molecule has 1 fully saturated rings. The fourth-order valence-electron chi connectivity index (χ4n) is 3.12. The lowest BCUT2D eigenvalue weighted by atomic mass is 9.97. The molecule has 1 saturated heterocycles. The summed E-state index contributed by atoms with van der Waals surface area (Å²) < 4.78 is 26.9. The molecule has 2 rings (SSSR count). The molecule has 1 aromatic rings. The minimum absolute atomic E-state index is 0.0710. The first-order chi connectivity index (χ1) is 15.5. The van der Waals surface area contributed by atoms with Gasteiger partial charge in [0, 0.05) is 33.8 Å². The van der Waals surface area contributed by atoms with Gasteiger partial charge >= 0.3 is 17.9 Å². The van der Waals surface area contributed by atoms with Crippen molar-refractivity contribution in [2.24, 2.45) is 0 Å². The Balaban J connectivity index is 2.38. The number of rotatable bonds is 8. The molecule has 1 amide bonds. The van der Waals surface area contributed by atoms with E-state index in [1.54, 1.807) is 0 Å². The van der Waals surface area contributed by atoms with Crippen LogP contribution >= 0.6 is 11.8 Å². The zero-order valence-corrected chi connectivity index (χ0v) is 19.2. The van der Waals surface area contributed by atoms with Gasteiger partial charge in [-0.1, -0.05) is 0 Å². The molecule has 0 aliphatic carbocycles. The van der Waals surface area contributed by atoms with Gasteiger partial charge in [0.1, 0.15) is 36.2 Å². The molecule has 0 unspecified atom stereocenters. The highest BCUT2D eigenvalue weighted by atomic mass is 32.2. The molecule has 2 N–H and O–H groups in total. The number of esters is 3. The molecule has 1 aliphatic rings. The lowest BCUT2D eigenvalue weighted by Gasteiger charge is -2.45. The van der Waals surface area contributed by atoms with Crippen molar-refractivity contribution in [3.05, 3.63) is 28.3 Å². The SMILES string of the molecule is CC(=O)N[C@@H]1[C@@H](OC(C)=O)[C@H](OC(C)=O)[C@@H](COC(C)=O)O[C@H]1SCc1cc(=O)c(O)co1. The standard InChI is InChI=1S/C20H25NO11S/c1-9(22)21-17-19(31-12(4)25)18(30-11(3)24)16(7-28-10(2)23)32-20(17)33-8-13-5-14(26)15(27)6-29-13/h5-6,16-20,27H,7-8H2,1-4H3,(H,21,22)/t16-,17-,18-,19-,20+/m1/s1. The molecule has 2 heterocycles. The maximum atomic E-state index is 11.9. The Hall–Kier alpha value is -3.06. The Morgan fingerprint density at radius 1 is 1.06 bits per heavy atom. The third kappa shape index (κ3) is 7.79. The number of amides is 1. The van der Waals surface area contributed by atoms with Gasteiger partial charge < -0.3 is 33.8 Å². The van der Waals surface area contributed by atoms with E-state index in [0.29, 0.717) is 0 Å². The zero-order chi connectivity index (χ0) is 24.7. The van der Waals surface area contributed by atoms with Crippen molar-refractivity contribution >= 4 is 35.6 Å². The maximum absolute atomic E-state index is 11.9. The molecular weight excluding hydrogens is 462 g/mol. The summed E-state index contributed by atoms with van der Waals surface area (Å²) in [4.78, 5) is 58.4. The Kier molecular flexibility index (Phi) is 9.29. The van der Waals surface area contributed by atoms with Crippen molar-refractivity contribution in [2.45, 2.75) is 63.2 Å². The fourth-order valence-corrected chi connectivity index (χ4v) is 4.25. The lowest BCUT2D eigenvalue weighted by Crippen LogP contribution is -2.65. The fraction of sp³-hybridized carbons (Fsp3) is 0.550. The first-order valence-electron chi connectivity index (χ1n) is 9.80. The average Bonchev–Trinajstić information content (AvgIpc) is 2.70. The highest BCUT2D eigenvalue weighted by molar-refractivity contribution is 7.99. The molecular formula is C20H25NO11S. The second-order valence-corrected chi connectivity index (χ2v) is 8.21. The molecule has 5 atom stereocenters. The van der Waals surface area contributed by atoms with E-state index in [0.717, 1.165) is 37.9 Å². The minimum Gasteiger partial charge on any atom is -0.502 e. The van der Waals surface area contributed by atoms with Gasteiger partial charge in [0.2, 0.25) is 11.3 Å². The van der Waals surface area contributed by atoms with Crippen molar-refractivity contribution in [1.82, 2.24) is 5.32 Å². The molecule has 0 saturated carbocycles. The zero-order valence-electron chi connectivity index (χ0n) is 18.4. The van der Waals surface area contributed by atoms with Crippen LogP contribution < -0.4 is 10.7 Å². The van der Waals surface area contributed by atoms with Crippen LogP contribution in [0.1, 0.15) is 33.5 Å². The summed E-state index contributed by atoms with van der Waals surface area (Å²) in [5.74, 6) is -2.75. The first kappa shape index (κ1) is 26.2. The van der Waals surface area contributed by atoms with Crippen LogP contribution in [-0.2, 0) is 43.9 Å². The molecule has 1 aromatic heterocycles. The Bertz CT molecular complexity index is 946. The molecule has 0 aromatic carbocycles. The topological polar surface area (TPSA) is 168 Å². The molecule has 0 spiro atoms. The molecule has 13 heteroatoms. The Morgan fingerprint density at radius 2 is 1.70 bits per heavy atom. The Morgan fingerprint density at radius 3 is 2.24 bits per heavy atom. The second-order valence-electron chi connectivity index (χ2n) is 7.13. The van der Waals surface area contributed by atoms with Crippen molar-refractivity contribution in [1.29, 1.82) is 0 Å². The van der Waals surface area contributed by atoms with Crippen LogP contribution in [0.4, 0.5) is 0 Å². The normalized spacial score (nSPS) is 24.4. The highest BCUT2D eigenvalue weighted by Crippen LogP contribution is 2.34. The third-order valence-corrected chi connectivity index (χ3v) is 5.51. The van der Waals surface area contributed by atoms with E-state index in [1.807, 2.05) is 0 Å². The monoisotopic (exact) mass is 487 g/mol. The number of thioether (sulfide) groups is 1. The van der Waals surface area contributed by atoms with Crippen LogP contribution in [0.3, 0.4) is 0 Å². The number of ether oxygens (including phenoxy) is 4. The van der Waals surface area contributed by atoms with Crippen molar-refractivity contribution in [2.75, 3.05) is 6.61 Å². The van der Waals surface area contributed by atoms with Gasteiger partial charge in [-0.2, -0.15) is 0 Å². The second kappa shape index (κ2) is 11.7. The minimum atomic E-state index is -1.19. The van der Waals surface area contributed by atoms with Gasteiger partial charge in [0.25, 0.3) is 0 Å². The summed E-state index contributed by atoms with van der Waals surface area (Å²) in [6.45, 7) is 4.42. The molecule has 12 nitrogen and oxygen atoms in total. The Labute approximate surface area is 192 Å². The van der Waals surface area contributed by atoms with E-state index in [-0.39, 0.29) is 18.1 Å². The first-order valence-corrected chi connectivity index (χ1v) is 10.9. The van der Waals surface area contributed by atoms with Crippen molar-refractivity contribution in [3.63, 3.8) is 0 Å². The van der Waals surface area contributed by atoms with Gasteiger partial charge in [-0.15, -0.1) is 11.8 Å². The molecule has 33 heavy (non-hydrogen) atoms. The highest BCUT2D eigenvalue weighted by Gasteiger charge is 2.50. The quantitative estimate of drug-likeness (QED) is 0.379. The van der Waals surface area contributed by atoms with Crippen LogP contribution in [-0.4, -0.2) is 65.3 Å². The third-order valence-electron chi connectivity index (χ3n) is 4.33. The van der Waals surface area contributed by atoms with Gasteiger partial charge in [0.15, 0.2) is 18.0 Å². The van der Waals surface area contributed by atoms with Crippen molar-refractivity contribution < 1.29 is 47.6 Å². The van der Waals surface area contributed by atoms with Crippen LogP contribution in [0.2, 0.25) is 0 Å². The van der Waals surface area contributed by atoms with Crippen LogP contribution in [0.5, 0.6) is 5.75 Å². The van der Waals surface area contributed by atoms with Gasteiger partial charge in [-0.3, -0.25) is 24.0 Å². The van der Waals surface area contributed by atoms with E-state index in [2.05, 4.69) is 5.32 Å². The van der Waals surface area contributed by atoms with E-state index < -0.39 is 64.8 Å². The van der Waals surface area contributed by atoms with E-state index in [4.69, 9.17) is 23.4 Å². The molecule has 0 bridgehead atoms. The van der Waals surface area contributed by atoms with Crippen LogP contribution in [0, 0.1) is 0 Å². The average molecular weight is 487 g/mol. The van der Waals surface area contributed by atoms with Crippen LogP contribution in [0.15, 0.2) is 21.5 Å². The summed E-state index contributed by atoms with van der Waals surface area (Å²) in [6, 6.07) is 0.123. The van der Waals surface area contributed by atoms with Gasteiger partial charge in [-0.25, -0.2) is 0 Å². The number of hydrogen-bond donors (Lipinski definition) is 2. The predicted molar refractivity (Wildman–Crippen MR) is 112 cm³/mol. The summed E-state index contributed by atoms with van der Waals surface area (Å²) in [7, 11) is 0. The molecule has 182 valence electrons. The number of aromatic hydroxyl groups is 1. The molecule has 1 aliphatic heterocycles. The van der Waals surface area contributed by atoms with Crippen LogP contribution in [0.25, 0.3) is 0 Å². The summed E-state index contributed by atoms with van der Waals surface area (Å²) >= 11 is 1.08. The van der Waals surface area contributed by atoms with E-state index in [9.17, 15) is 29.1 Å². The van der Waals surface area contributed by atoms with E-state index in [1.165, 1.54) is 13.8 Å². The lowest BCUT2D eigenvalue weighted by molar-refractivity contribution is -0.211. The smallest absolute Gasteiger partial charge is 0.303 e. The predicted octanol–water partition coefficient (Wildman–Crippen LogP) is 0.235. The van der Waals surface area contributed by atoms with Crippen molar-refractivity contribution in [3.8, 4) is 5.75 Å².